The van der Waals surface area contributed by atoms with Gasteiger partial charge < -0.3 is 10.1 Å². The monoisotopic (exact) mass is 382 g/mol. The summed E-state index contributed by atoms with van der Waals surface area (Å²) in [5, 5.41) is 7.60. The molecule has 0 aliphatic carbocycles. The number of aromatic nitrogens is 3. The first-order valence-corrected chi connectivity index (χ1v) is 9.21. The second-order valence-electron chi connectivity index (χ2n) is 6.79. The molecule has 4 rings (SSSR count). The molecule has 8 heteroatoms. The Morgan fingerprint density at radius 3 is 2.82 bits per heavy atom. The van der Waals surface area contributed by atoms with E-state index < -0.39 is 0 Å². The van der Waals surface area contributed by atoms with E-state index in [2.05, 4.69) is 38.4 Å². The van der Waals surface area contributed by atoms with Gasteiger partial charge in [-0.25, -0.2) is 19.5 Å². The van der Waals surface area contributed by atoms with Crippen molar-refractivity contribution in [3.63, 3.8) is 0 Å². The summed E-state index contributed by atoms with van der Waals surface area (Å²) in [6.07, 6.45) is 3.19. The molecule has 1 fully saturated rings. The van der Waals surface area contributed by atoms with Crippen LogP contribution in [0.15, 0.2) is 55.1 Å². The largest absolute Gasteiger partial charge is 0.497 e. The normalized spacial score (nSPS) is 19.1. The van der Waals surface area contributed by atoms with Gasteiger partial charge in [0.2, 0.25) is 0 Å². The second kappa shape index (κ2) is 8.47. The van der Waals surface area contributed by atoms with Crippen LogP contribution in [0.25, 0.3) is 5.69 Å². The van der Waals surface area contributed by atoms with Crippen LogP contribution in [0.4, 0.5) is 4.39 Å². The molecule has 0 radical (unpaired) electrons. The van der Waals surface area contributed by atoms with Crippen molar-refractivity contribution < 1.29 is 9.13 Å². The van der Waals surface area contributed by atoms with E-state index in [1.165, 1.54) is 25.1 Å². The van der Waals surface area contributed by atoms with Crippen LogP contribution in [0, 0.1) is 11.7 Å². The third-order valence-corrected chi connectivity index (χ3v) is 4.99. The number of nitrogens with zero attached hydrogens (tertiary/aromatic N) is 3. The molecule has 2 aromatic carbocycles. The van der Waals surface area contributed by atoms with Crippen LogP contribution < -0.4 is 20.9 Å². The zero-order valence-corrected chi connectivity index (χ0v) is 15.6. The van der Waals surface area contributed by atoms with Crippen LogP contribution in [0.5, 0.6) is 5.75 Å². The first-order valence-electron chi connectivity index (χ1n) is 9.21. The number of rotatable bonds is 7. The predicted octanol–water partition coefficient (Wildman–Crippen LogP) is 1.97. The fourth-order valence-electron chi connectivity index (χ4n) is 3.45. The Morgan fingerprint density at radius 2 is 2.11 bits per heavy atom. The topological polar surface area (TPSA) is 76.0 Å². The van der Waals surface area contributed by atoms with E-state index in [9.17, 15) is 4.39 Å². The molecule has 1 aromatic heterocycles. The van der Waals surface area contributed by atoms with Crippen molar-refractivity contribution in [3.05, 3.63) is 72.1 Å². The van der Waals surface area contributed by atoms with E-state index in [-0.39, 0.29) is 17.8 Å². The number of benzene rings is 2. The maximum absolute atomic E-state index is 14.4. The summed E-state index contributed by atoms with van der Waals surface area (Å²) >= 11 is 0. The fourth-order valence-corrected chi connectivity index (χ4v) is 3.45. The highest BCUT2D eigenvalue weighted by Gasteiger charge is 2.30. The van der Waals surface area contributed by atoms with E-state index in [4.69, 9.17) is 4.74 Å². The van der Waals surface area contributed by atoms with Crippen molar-refractivity contribution in [3.8, 4) is 11.4 Å². The first kappa shape index (κ1) is 18.5. The second-order valence-corrected chi connectivity index (χ2v) is 6.79. The lowest BCUT2D eigenvalue weighted by Gasteiger charge is -2.20. The summed E-state index contributed by atoms with van der Waals surface area (Å²) in [7, 11) is 1.54. The molecular weight excluding hydrogens is 359 g/mol. The summed E-state index contributed by atoms with van der Waals surface area (Å²) in [5.41, 5.74) is 9.13. The van der Waals surface area contributed by atoms with Crippen LogP contribution in [-0.2, 0) is 6.54 Å². The number of halogens is 1. The van der Waals surface area contributed by atoms with Gasteiger partial charge in [-0.2, -0.15) is 5.10 Å². The first-order chi connectivity index (χ1) is 13.7. The summed E-state index contributed by atoms with van der Waals surface area (Å²) < 4.78 is 21.2. The Labute approximate surface area is 162 Å². The Balaban J connectivity index is 1.34. The third kappa shape index (κ3) is 4.04. The molecule has 7 nitrogen and oxygen atoms in total. The van der Waals surface area contributed by atoms with E-state index in [0.717, 1.165) is 25.3 Å². The SMILES string of the molecule is COc1ccc(C2NNCC2CNCc2ccc(-n3cncn3)cc2)c(F)c1. The van der Waals surface area contributed by atoms with Gasteiger partial charge in [-0.1, -0.05) is 18.2 Å². The lowest BCUT2D eigenvalue weighted by molar-refractivity contribution is 0.403. The summed E-state index contributed by atoms with van der Waals surface area (Å²) in [6, 6.07) is 13.1. The van der Waals surface area contributed by atoms with E-state index in [0.29, 0.717) is 11.3 Å². The van der Waals surface area contributed by atoms with Gasteiger partial charge in [-0.15, -0.1) is 0 Å². The molecule has 2 atom stereocenters. The minimum absolute atomic E-state index is 0.0897. The highest BCUT2D eigenvalue weighted by Crippen LogP contribution is 2.28. The fraction of sp³-hybridized carbons (Fsp3) is 0.300. The maximum atomic E-state index is 14.4. The number of nitrogens with one attached hydrogen (secondary N) is 3. The van der Waals surface area contributed by atoms with Gasteiger partial charge in [0.25, 0.3) is 0 Å². The zero-order valence-electron chi connectivity index (χ0n) is 15.6. The standard InChI is InChI=1S/C20H23FN6O/c1-28-17-6-7-18(19(21)8-17)20-15(11-24-26-20)10-22-9-14-2-4-16(5-3-14)27-13-23-12-25-27/h2-8,12-13,15,20,22,24,26H,9-11H2,1H3. The molecular formula is C20H23FN6O. The van der Waals surface area contributed by atoms with Gasteiger partial charge in [-0.3, -0.25) is 5.43 Å². The average Bonchev–Trinajstić information content (AvgIpc) is 3.41. The molecule has 3 N–H and O–H groups in total. The number of ether oxygens (including phenoxy) is 1. The van der Waals surface area contributed by atoms with Gasteiger partial charge in [0, 0.05) is 37.2 Å². The van der Waals surface area contributed by atoms with Gasteiger partial charge in [0.05, 0.1) is 18.8 Å². The zero-order chi connectivity index (χ0) is 19.3. The molecule has 3 aromatic rings. The van der Waals surface area contributed by atoms with Crippen LogP contribution in [0.1, 0.15) is 17.2 Å². The average molecular weight is 382 g/mol. The van der Waals surface area contributed by atoms with Crippen LogP contribution >= 0.6 is 0 Å². The number of hydrazine groups is 1. The number of hydrogen-bond acceptors (Lipinski definition) is 6. The lowest BCUT2D eigenvalue weighted by Crippen LogP contribution is -2.29. The molecule has 28 heavy (non-hydrogen) atoms. The quantitative estimate of drug-likeness (QED) is 0.580. The summed E-state index contributed by atoms with van der Waals surface area (Å²) in [6.45, 7) is 2.28. The van der Waals surface area contributed by atoms with Crippen LogP contribution in [-0.4, -0.2) is 35.0 Å². The van der Waals surface area contributed by atoms with Crippen LogP contribution in [0.3, 0.4) is 0 Å². The third-order valence-electron chi connectivity index (χ3n) is 4.99. The number of methoxy groups -OCH3 is 1. The minimum atomic E-state index is -0.255. The highest BCUT2D eigenvalue weighted by molar-refractivity contribution is 5.33. The number of hydrogen-bond donors (Lipinski definition) is 3. The van der Waals surface area contributed by atoms with Crippen molar-refractivity contribution >= 4 is 0 Å². The molecule has 0 spiro atoms. The van der Waals surface area contributed by atoms with E-state index in [1.807, 2.05) is 12.1 Å². The summed E-state index contributed by atoms with van der Waals surface area (Å²) in [5.74, 6) is 0.503. The molecule has 1 aliphatic heterocycles. The van der Waals surface area contributed by atoms with Crippen molar-refractivity contribution in [1.82, 2.24) is 30.9 Å². The Hall–Kier alpha value is -2.81. The van der Waals surface area contributed by atoms with Gasteiger partial charge in [-0.05, 0) is 23.8 Å². The smallest absolute Gasteiger partial charge is 0.138 e. The molecule has 146 valence electrons. The molecule has 2 heterocycles. The molecule has 0 saturated carbocycles. The Morgan fingerprint density at radius 1 is 1.25 bits per heavy atom. The van der Waals surface area contributed by atoms with Crippen molar-refractivity contribution in [1.29, 1.82) is 0 Å². The molecule has 0 bridgehead atoms. The Bertz CT molecular complexity index is 900. The van der Waals surface area contributed by atoms with Gasteiger partial charge in [0.15, 0.2) is 0 Å². The van der Waals surface area contributed by atoms with Crippen molar-refractivity contribution in [2.75, 3.05) is 20.2 Å². The predicted molar refractivity (Wildman–Crippen MR) is 103 cm³/mol. The van der Waals surface area contributed by atoms with Crippen LogP contribution in [0.2, 0.25) is 0 Å². The molecule has 0 amide bonds. The van der Waals surface area contributed by atoms with Gasteiger partial charge >= 0.3 is 0 Å². The lowest BCUT2D eigenvalue weighted by atomic mass is 9.94. The molecule has 1 saturated heterocycles. The van der Waals surface area contributed by atoms with Crippen molar-refractivity contribution in [2.45, 2.75) is 12.6 Å². The Kier molecular flexibility index (Phi) is 5.61. The highest BCUT2D eigenvalue weighted by atomic mass is 19.1. The molecule has 1 aliphatic rings. The summed E-state index contributed by atoms with van der Waals surface area (Å²) in [4.78, 5) is 3.96. The van der Waals surface area contributed by atoms with E-state index >= 15 is 0 Å². The molecule has 2 unspecified atom stereocenters. The minimum Gasteiger partial charge on any atom is -0.497 e. The van der Waals surface area contributed by atoms with Gasteiger partial charge in [0.1, 0.15) is 24.2 Å². The maximum Gasteiger partial charge on any atom is 0.138 e. The van der Waals surface area contributed by atoms with E-state index in [1.54, 1.807) is 23.1 Å². The van der Waals surface area contributed by atoms with Crippen molar-refractivity contribution in [2.24, 2.45) is 5.92 Å².